The van der Waals surface area contributed by atoms with E-state index in [0.717, 1.165) is 0 Å². The van der Waals surface area contributed by atoms with Crippen LogP contribution in [0.4, 0.5) is 5.69 Å². The molecule has 1 heterocycles. The first-order chi connectivity index (χ1) is 6.77. The van der Waals surface area contributed by atoms with Gasteiger partial charge in [0.25, 0.3) is 0 Å². The van der Waals surface area contributed by atoms with E-state index in [9.17, 15) is 4.79 Å². The van der Waals surface area contributed by atoms with Crippen LogP contribution in [0.15, 0.2) is 18.3 Å². The Bertz CT molecular complexity index is 317. The molecule has 0 aliphatic rings. The van der Waals surface area contributed by atoms with Crippen molar-refractivity contribution in [1.82, 2.24) is 4.98 Å². The summed E-state index contributed by atoms with van der Waals surface area (Å²) in [5.41, 5.74) is 6.79. The van der Waals surface area contributed by atoms with Crippen LogP contribution in [0.25, 0.3) is 0 Å². The second kappa shape index (κ2) is 5.57. The molecule has 0 saturated heterocycles. The Hall–Kier alpha value is -1.13. The lowest BCUT2D eigenvalue weighted by Crippen LogP contribution is -2.14. The van der Waals surface area contributed by atoms with E-state index >= 15 is 0 Å². The van der Waals surface area contributed by atoms with Crippen LogP contribution in [0.1, 0.15) is 12.1 Å². The van der Waals surface area contributed by atoms with E-state index < -0.39 is 0 Å². The predicted octanol–water partition coefficient (Wildman–Crippen LogP) is 1.11. The largest absolute Gasteiger partial charge is 0.325 e. The zero-order chi connectivity index (χ0) is 10.4. The van der Waals surface area contributed by atoms with Gasteiger partial charge in [0.2, 0.25) is 5.91 Å². The van der Waals surface area contributed by atoms with Crippen LogP contribution in [0.5, 0.6) is 0 Å². The molecular formula is C9H12ClN3O. The zero-order valence-electron chi connectivity index (χ0n) is 7.66. The number of amides is 1. The summed E-state index contributed by atoms with van der Waals surface area (Å²) in [7, 11) is 0. The molecular weight excluding hydrogens is 202 g/mol. The highest BCUT2D eigenvalue weighted by molar-refractivity contribution is 6.19. The van der Waals surface area contributed by atoms with Crippen LogP contribution < -0.4 is 11.1 Å². The Morgan fingerprint density at radius 2 is 2.43 bits per heavy atom. The van der Waals surface area contributed by atoms with Crippen molar-refractivity contribution in [1.29, 1.82) is 0 Å². The third-order valence-corrected chi connectivity index (χ3v) is 1.87. The van der Waals surface area contributed by atoms with Gasteiger partial charge in [-0.1, -0.05) is 0 Å². The fraction of sp³-hybridized carbons (Fsp3) is 0.333. The van der Waals surface area contributed by atoms with Gasteiger partial charge in [-0.15, -0.1) is 11.6 Å². The topological polar surface area (TPSA) is 68.0 Å². The molecule has 1 rings (SSSR count). The number of hydrogen-bond acceptors (Lipinski definition) is 3. The Morgan fingerprint density at radius 1 is 1.64 bits per heavy atom. The van der Waals surface area contributed by atoms with Crippen LogP contribution in [0, 0.1) is 0 Å². The van der Waals surface area contributed by atoms with Crippen LogP contribution in [0.3, 0.4) is 0 Å². The van der Waals surface area contributed by atoms with E-state index in [0.29, 0.717) is 30.2 Å². The summed E-state index contributed by atoms with van der Waals surface area (Å²) in [6.45, 7) is 0.303. The summed E-state index contributed by atoms with van der Waals surface area (Å²) in [5, 5.41) is 2.70. The van der Waals surface area contributed by atoms with E-state index in [2.05, 4.69) is 10.3 Å². The lowest BCUT2D eigenvalue weighted by atomic mass is 10.3. The summed E-state index contributed by atoms with van der Waals surface area (Å²) < 4.78 is 0. The van der Waals surface area contributed by atoms with Gasteiger partial charge in [-0.25, -0.2) is 0 Å². The average molecular weight is 214 g/mol. The number of hydrogen-bond donors (Lipinski definition) is 2. The van der Waals surface area contributed by atoms with E-state index in [1.807, 2.05) is 0 Å². The molecule has 3 N–H and O–H groups in total. The number of alkyl halides is 1. The molecule has 1 aromatic heterocycles. The van der Waals surface area contributed by atoms with Crippen molar-refractivity contribution in [2.45, 2.75) is 13.0 Å². The number of carbonyl (C=O) groups is 1. The lowest BCUT2D eigenvalue weighted by molar-refractivity contribution is -0.115. The number of halogens is 1. The molecule has 0 aliphatic heterocycles. The van der Waals surface area contributed by atoms with Gasteiger partial charge in [-0.3, -0.25) is 9.78 Å². The van der Waals surface area contributed by atoms with Gasteiger partial charge in [0.05, 0.1) is 11.4 Å². The minimum absolute atomic E-state index is 0.122. The van der Waals surface area contributed by atoms with Crippen molar-refractivity contribution >= 4 is 23.2 Å². The molecule has 0 radical (unpaired) electrons. The van der Waals surface area contributed by atoms with Crippen LogP contribution >= 0.6 is 11.6 Å². The number of anilines is 1. The van der Waals surface area contributed by atoms with E-state index in [-0.39, 0.29) is 5.91 Å². The van der Waals surface area contributed by atoms with Gasteiger partial charge in [0.1, 0.15) is 0 Å². The number of rotatable bonds is 4. The molecule has 0 aromatic carbocycles. The third kappa shape index (κ3) is 2.97. The molecule has 1 amide bonds. The highest BCUT2D eigenvalue weighted by Crippen LogP contribution is 2.11. The SMILES string of the molecule is NCc1ncccc1NC(=O)CCCl. The van der Waals surface area contributed by atoms with Gasteiger partial charge in [0.15, 0.2) is 0 Å². The number of nitrogens with one attached hydrogen (secondary N) is 1. The van der Waals surface area contributed by atoms with Crippen LogP contribution in [0.2, 0.25) is 0 Å². The predicted molar refractivity (Wildman–Crippen MR) is 56.1 cm³/mol. The van der Waals surface area contributed by atoms with Crippen molar-refractivity contribution in [3.63, 3.8) is 0 Å². The number of nitrogens with two attached hydrogens (primary N) is 1. The molecule has 14 heavy (non-hydrogen) atoms. The maximum absolute atomic E-state index is 11.2. The third-order valence-electron chi connectivity index (χ3n) is 1.68. The molecule has 0 atom stereocenters. The first-order valence-electron chi connectivity index (χ1n) is 4.27. The van der Waals surface area contributed by atoms with Crippen molar-refractivity contribution in [2.24, 2.45) is 5.73 Å². The quantitative estimate of drug-likeness (QED) is 0.737. The van der Waals surface area contributed by atoms with E-state index in [1.165, 1.54) is 0 Å². The maximum atomic E-state index is 11.2. The van der Waals surface area contributed by atoms with E-state index in [4.69, 9.17) is 17.3 Å². The summed E-state index contributed by atoms with van der Waals surface area (Å²) in [4.78, 5) is 15.3. The Kier molecular flexibility index (Phi) is 4.35. The fourth-order valence-corrected chi connectivity index (χ4v) is 1.18. The van der Waals surface area contributed by atoms with Crippen molar-refractivity contribution < 1.29 is 4.79 Å². The standard InChI is InChI=1S/C9H12ClN3O/c10-4-3-9(14)13-7-2-1-5-12-8(7)6-11/h1-2,5H,3-4,6,11H2,(H,13,14). The molecule has 0 spiro atoms. The monoisotopic (exact) mass is 213 g/mol. The highest BCUT2D eigenvalue weighted by Gasteiger charge is 2.05. The Morgan fingerprint density at radius 3 is 3.07 bits per heavy atom. The lowest BCUT2D eigenvalue weighted by Gasteiger charge is -2.07. The summed E-state index contributed by atoms with van der Waals surface area (Å²) in [5.74, 6) is 0.187. The normalized spacial score (nSPS) is 9.86. The number of aromatic nitrogens is 1. The number of pyridine rings is 1. The first-order valence-corrected chi connectivity index (χ1v) is 4.81. The zero-order valence-corrected chi connectivity index (χ0v) is 8.42. The van der Waals surface area contributed by atoms with Crippen LogP contribution in [-0.2, 0) is 11.3 Å². The fourth-order valence-electron chi connectivity index (χ4n) is 1.01. The molecule has 5 heteroatoms. The Labute approximate surface area is 87.5 Å². The maximum Gasteiger partial charge on any atom is 0.225 e. The molecule has 76 valence electrons. The van der Waals surface area contributed by atoms with Gasteiger partial charge in [-0.2, -0.15) is 0 Å². The minimum atomic E-state index is -0.122. The molecule has 0 aliphatic carbocycles. The van der Waals surface area contributed by atoms with Gasteiger partial charge in [-0.05, 0) is 12.1 Å². The molecule has 0 fully saturated rings. The van der Waals surface area contributed by atoms with Crippen molar-refractivity contribution in [3.8, 4) is 0 Å². The number of nitrogens with zero attached hydrogens (tertiary/aromatic N) is 1. The minimum Gasteiger partial charge on any atom is -0.325 e. The van der Waals surface area contributed by atoms with Crippen molar-refractivity contribution in [3.05, 3.63) is 24.0 Å². The average Bonchev–Trinajstić information content (AvgIpc) is 2.19. The van der Waals surface area contributed by atoms with E-state index in [1.54, 1.807) is 18.3 Å². The summed E-state index contributed by atoms with van der Waals surface area (Å²) >= 11 is 5.44. The molecule has 0 saturated carbocycles. The first kappa shape index (κ1) is 10.9. The van der Waals surface area contributed by atoms with Gasteiger partial charge >= 0.3 is 0 Å². The molecule has 0 bridgehead atoms. The summed E-state index contributed by atoms with van der Waals surface area (Å²) in [6, 6.07) is 3.51. The number of carbonyl (C=O) groups excluding carboxylic acids is 1. The molecule has 4 nitrogen and oxygen atoms in total. The Balaban J connectivity index is 2.70. The van der Waals surface area contributed by atoms with Crippen LogP contribution in [-0.4, -0.2) is 16.8 Å². The molecule has 0 unspecified atom stereocenters. The van der Waals surface area contributed by atoms with Gasteiger partial charge in [0, 0.05) is 25.0 Å². The van der Waals surface area contributed by atoms with Gasteiger partial charge < -0.3 is 11.1 Å². The highest BCUT2D eigenvalue weighted by atomic mass is 35.5. The summed E-state index contributed by atoms with van der Waals surface area (Å²) in [6.07, 6.45) is 1.93. The second-order valence-electron chi connectivity index (χ2n) is 2.69. The molecule has 1 aromatic rings. The van der Waals surface area contributed by atoms with Crippen molar-refractivity contribution in [2.75, 3.05) is 11.2 Å². The second-order valence-corrected chi connectivity index (χ2v) is 3.07. The smallest absolute Gasteiger partial charge is 0.225 e.